The standard InChI is InChI=1S/C18H26FN3O2/c1-2-21-7-9-22(10-8-21)17-6-5-14(12-16(17)19)18(23)20-13-15-4-3-11-24-15/h5-6,12,15H,2-4,7-11,13H2,1H3,(H,20,23)/t15-/m0/s1. The van der Waals surface area contributed by atoms with Gasteiger partial charge in [0.2, 0.25) is 0 Å². The van der Waals surface area contributed by atoms with Gasteiger partial charge >= 0.3 is 0 Å². The molecule has 1 amide bonds. The number of hydrogen-bond acceptors (Lipinski definition) is 4. The van der Waals surface area contributed by atoms with Crippen LogP contribution >= 0.6 is 0 Å². The number of amides is 1. The molecule has 24 heavy (non-hydrogen) atoms. The number of anilines is 1. The molecule has 2 aliphatic rings. The third kappa shape index (κ3) is 4.05. The molecule has 132 valence electrons. The van der Waals surface area contributed by atoms with Crippen molar-refractivity contribution in [2.75, 3.05) is 50.8 Å². The van der Waals surface area contributed by atoms with Crippen molar-refractivity contribution in [1.29, 1.82) is 0 Å². The number of halogens is 1. The summed E-state index contributed by atoms with van der Waals surface area (Å²) in [5.41, 5.74) is 0.947. The van der Waals surface area contributed by atoms with Crippen molar-refractivity contribution in [3.8, 4) is 0 Å². The molecule has 0 saturated carbocycles. The number of benzene rings is 1. The third-order valence-corrected chi connectivity index (χ3v) is 4.88. The Morgan fingerprint density at radius 3 is 2.75 bits per heavy atom. The van der Waals surface area contributed by atoms with E-state index in [1.165, 1.54) is 6.07 Å². The molecule has 5 nitrogen and oxygen atoms in total. The third-order valence-electron chi connectivity index (χ3n) is 4.88. The first-order valence-electron chi connectivity index (χ1n) is 8.84. The van der Waals surface area contributed by atoms with Crippen molar-refractivity contribution < 1.29 is 13.9 Å². The first-order chi connectivity index (χ1) is 11.7. The van der Waals surface area contributed by atoms with Crippen molar-refractivity contribution in [3.05, 3.63) is 29.6 Å². The van der Waals surface area contributed by atoms with E-state index in [4.69, 9.17) is 4.74 Å². The van der Waals surface area contributed by atoms with Crippen LogP contribution in [0.2, 0.25) is 0 Å². The maximum Gasteiger partial charge on any atom is 0.251 e. The van der Waals surface area contributed by atoms with Crippen LogP contribution in [0.4, 0.5) is 10.1 Å². The molecule has 6 heteroatoms. The molecule has 0 unspecified atom stereocenters. The molecule has 2 aliphatic heterocycles. The van der Waals surface area contributed by atoms with E-state index in [9.17, 15) is 9.18 Å². The fourth-order valence-corrected chi connectivity index (χ4v) is 3.32. The van der Waals surface area contributed by atoms with Crippen LogP contribution < -0.4 is 10.2 Å². The molecule has 2 fully saturated rings. The lowest BCUT2D eigenvalue weighted by molar-refractivity contribution is 0.0857. The van der Waals surface area contributed by atoms with Gasteiger partial charge in [0.1, 0.15) is 5.82 Å². The number of likely N-dealkylation sites (N-methyl/N-ethyl adjacent to an activating group) is 1. The van der Waals surface area contributed by atoms with Gasteiger partial charge in [-0.25, -0.2) is 4.39 Å². The summed E-state index contributed by atoms with van der Waals surface area (Å²) in [5, 5.41) is 2.83. The molecule has 2 saturated heterocycles. The number of nitrogens with zero attached hydrogens (tertiary/aromatic N) is 2. The number of carbonyl (C=O) groups is 1. The minimum Gasteiger partial charge on any atom is -0.376 e. The minimum absolute atomic E-state index is 0.0907. The van der Waals surface area contributed by atoms with E-state index in [1.54, 1.807) is 12.1 Å². The maximum absolute atomic E-state index is 14.5. The summed E-state index contributed by atoms with van der Waals surface area (Å²) in [6, 6.07) is 4.76. The number of carbonyl (C=O) groups excluding carboxylic acids is 1. The van der Waals surface area contributed by atoms with Crippen LogP contribution in [-0.2, 0) is 4.74 Å². The smallest absolute Gasteiger partial charge is 0.251 e. The molecule has 1 aromatic carbocycles. The Hall–Kier alpha value is -1.66. The second-order valence-electron chi connectivity index (χ2n) is 6.43. The highest BCUT2D eigenvalue weighted by molar-refractivity contribution is 5.94. The van der Waals surface area contributed by atoms with Crippen molar-refractivity contribution in [1.82, 2.24) is 10.2 Å². The number of hydrogen-bond donors (Lipinski definition) is 1. The van der Waals surface area contributed by atoms with Crippen molar-refractivity contribution in [2.24, 2.45) is 0 Å². The first-order valence-corrected chi connectivity index (χ1v) is 8.84. The molecule has 0 aliphatic carbocycles. The maximum atomic E-state index is 14.5. The van der Waals surface area contributed by atoms with Crippen LogP contribution in [-0.4, -0.2) is 62.8 Å². The summed E-state index contributed by atoms with van der Waals surface area (Å²) in [7, 11) is 0. The Kier molecular flexibility index (Phi) is 5.68. The van der Waals surface area contributed by atoms with E-state index in [2.05, 4.69) is 22.0 Å². The highest BCUT2D eigenvalue weighted by Gasteiger charge is 2.20. The lowest BCUT2D eigenvalue weighted by Crippen LogP contribution is -2.46. The van der Waals surface area contributed by atoms with E-state index >= 15 is 0 Å². The lowest BCUT2D eigenvalue weighted by Gasteiger charge is -2.35. The highest BCUT2D eigenvalue weighted by Crippen LogP contribution is 2.22. The fourth-order valence-electron chi connectivity index (χ4n) is 3.32. The zero-order chi connectivity index (χ0) is 16.9. The second kappa shape index (κ2) is 7.94. The van der Waals surface area contributed by atoms with Gasteiger partial charge in [0.15, 0.2) is 0 Å². The molecule has 3 rings (SSSR count). The normalized spacial score (nSPS) is 21.9. The predicted molar refractivity (Wildman–Crippen MR) is 92.0 cm³/mol. The monoisotopic (exact) mass is 335 g/mol. The SMILES string of the molecule is CCN1CCN(c2ccc(C(=O)NC[C@@H]3CCCO3)cc2F)CC1. The average molecular weight is 335 g/mol. The molecule has 1 aromatic rings. The summed E-state index contributed by atoms with van der Waals surface area (Å²) in [6.45, 7) is 7.93. The van der Waals surface area contributed by atoms with Gasteiger partial charge in [0.25, 0.3) is 5.91 Å². The van der Waals surface area contributed by atoms with Crippen molar-refractivity contribution >= 4 is 11.6 Å². The number of nitrogens with one attached hydrogen (secondary N) is 1. The largest absolute Gasteiger partial charge is 0.376 e. The Balaban J connectivity index is 1.58. The Morgan fingerprint density at radius 1 is 1.33 bits per heavy atom. The zero-order valence-electron chi connectivity index (χ0n) is 14.3. The summed E-state index contributed by atoms with van der Waals surface area (Å²) in [4.78, 5) is 16.6. The van der Waals surface area contributed by atoms with Crippen molar-refractivity contribution in [3.63, 3.8) is 0 Å². The van der Waals surface area contributed by atoms with Gasteiger partial charge in [-0.1, -0.05) is 6.92 Å². The number of piperazine rings is 1. The van der Waals surface area contributed by atoms with E-state index in [-0.39, 0.29) is 17.8 Å². The molecule has 1 N–H and O–H groups in total. The first kappa shape index (κ1) is 17.2. The van der Waals surface area contributed by atoms with Gasteiger partial charge in [-0.2, -0.15) is 0 Å². The summed E-state index contributed by atoms with van der Waals surface area (Å²) >= 11 is 0. The quantitative estimate of drug-likeness (QED) is 0.892. The predicted octanol–water partition coefficient (Wildman–Crippen LogP) is 1.88. The minimum atomic E-state index is -0.329. The van der Waals surface area contributed by atoms with Crippen LogP contribution in [0.25, 0.3) is 0 Å². The number of rotatable bonds is 5. The molecular weight excluding hydrogens is 309 g/mol. The van der Waals surface area contributed by atoms with E-state index in [0.29, 0.717) is 17.8 Å². The van der Waals surface area contributed by atoms with E-state index in [1.807, 2.05) is 0 Å². The Labute approximate surface area is 142 Å². The van der Waals surface area contributed by atoms with Crippen LogP contribution in [0.5, 0.6) is 0 Å². The van der Waals surface area contributed by atoms with E-state index in [0.717, 1.165) is 52.2 Å². The van der Waals surface area contributed by atoms with Gasteiger partial charge in [0.05, 0.1) is 11.8 Å². The molecule has 2 heterocycles. The summed E-state index contributed by atoms with van der Waals surface area (Å²) < 4.78 is 19.9. The second-order valence-corrected chi connectivity index (χ2v) is 6.43. The van der Waals surface area contributed by atoms with Gasteiger partial charge < -0.3 is 19.9 Å². The van der Waals surface area contributed by atoms with Gasteiger partial charge in [-0.15, -0.1) is 0 Å². The fraction of sp³-hybridized carbons (Fsp3) is 0.611. The van der Waals surface area contributed by atoms with Gasteiger partial charge in [-0.05, 0) is 37.6 Å². The number of ether oxygens (including phenoxy) is 1. The van der Waals surface area contributed by atoms with Crippen LogP contribution in [0.15, 0.2) is 18.2 Å². The van der Waals surface area contributed by atoms with Crippen LogP contribution in [0.1, 0.15) is 30.1 Å². The van der Waals surface area contributed by atoms with E-state index < -0.39 is 0 Å². The highest BCUT2D eigenvalue weighted by atomic mass is 19.1. The molecule has 0 spiro atoms. The van der Waals surface area contributed by atoms with Gasteiger partial charge in [-0.3, -0.25) is 4.79 Å². The Morgan fingerprint density at radius 2 is 2.12 bits per heavy atom. The van der Waals surface area contributed by atoms with Crippen LogP contribution in [0.3, 0.4) is 0 Å². The van der Waals surface area contributed by atoms with Gasteiger partial charge in [0, 0.05) is 44.9 Å². The molecule has 0 radical (unpaired) electrons. The lowest BCUT2D eigenvalue weighted by atomic mass is 10.1. The topological polar surface area (TPSA) is 44.8 Å². The molecule has 1 atom stereocenters. The summed E-state index contributed by atoms with van der Waals surface area (Å²) in [6.07, 6.45) is 2.10. The zero-order valence-corrected chi connectivity index (χ0v) is 14.3. The van der Waals surface area contributed by atoms with Crippen LogP contribution in [0, 0.1) is 5.82 Å². The average Bonchev–Trinajstić information content (AvgIpc) is 3.13. The van der Waals surface area contributed by atoms with Crippen molar-refractivity contribution in [2.45, 2.75) is 25.9 Å². The Bertz CT molecular complexity index is 567. The molecular formula is C18H26FN3O2. The molecule has 0 bridgehead atoms. The summed E-state index contributed by atoms with van der Waals surface area (Å²) in [5.74, 6) is -0.573. The molecule has 0 aromatic heterocycles.